The Labute approximate surface area is 87.9 Å². The second kappa shape index (κ2) is 4.79. The van der Waals surface area contributed by atoms with E-state index in [1.54, 1.807) is 0 Å². The van der Waals surface area contributed by atoms with E-state index in [4.69, 9.17) is 0 Å². The summed E-state index contributed by atoms with van der Waals surface area (Å²) >= 11 is 0. The van der Waals surface area contributed by atoms with Gasteiger partial charge < -0.3 is 10.1 Å². The highest BCUT2D eigenvalue weighted by molar-refractivity contribution is 4.78. The van der Waals surface area contributed by atoms with Crippen LogP contribution in [-0.2, 0) is 4.74 Å². The zero-order chi connectivity index (χ0) is 12.4. The zero-order valence-electron chi connectivity index (χ0n) is 8.16. The third-order valence-corrected chi connectivity index (χ3v) is 2.26. The molecule has 1 aliphatic heterocycles. The molecule has 2 nitrogen and oxygen atoms in total. The van der Waals surface area contributed by atoms with Gasteiger partial charge in [-0.1, -0.05) is 0 Å². The van der Waals surface area contributed by atoms with Gasteiger partial charge in [0.25, 0.3) is 0 Å². The first kappa shape index (κ1) is 13.6. The van der Waals surface area contributed by atoms with Crippen LogP contribution in [0.4, 0.5) is 26.3 Å². The number of ether oxygens (including phenoxy) is 1. The number of nitrogens with one attached hydrogen (secondary N) is 1. The van der Waals surface area contributed by atoms with Gasteiger partial charge in [-0.3, -0.25) is 0 Å². The average molecular weight is 251 g/mol. The van der Waals surface area contributed by atoms with Gasteiger partial charge in [-0.2, -0.15) is 26.3 Å². The molecule has 1 rings (SSSR count). The molecule has 1 atom stereocenters. The fourth-order valence-electron chi connectivity index (χ4n) is 1.46. The lowest BCUT2D eigenvalue weighted by Crippen LogP contribution is -2.45. The predicted molar refractivity (Wildman–Crippen MR) is 42.8 cm³/mol. The van der Waals surface area contributed by atoms with Crippen molar-refractivity contribution in [1.82, 2.24) is 5.32 Å². The number of halogens is 6. The highest BCUT2D eigenvalue weighted by Gasteiger charge is 2.58. The number of rotatable bonds is 3. The molecule has 0 aromatic carbocycles. The maximum Gasteiger partial charge on any atom is 0.423 e. The van der Waals surface area contributed by atoms with Crippen molar-refractivity contribution in [2.45, 2.75) is 24.9 Å². The molecular weight excluding hydrogens is 240 g/mol. The lowest BCUT2D eigenvalue weighted by Gasteiger charge is -2.24. The lowest BCUT2D eigenvalue weighted by atomic mass is 10.1. The minimum absolute atomic E-state index is 0.285. The largest absolute Gasteiger partial charge is 0.423 e. The van der Waals surface area contributed by atoms with Crippen LogP contribution in [0.2, 0.25) is 0 Å². The van der Waals surface area contributed by atoms with Crippen LogP contribution < -0.4 is 5.32 Å². The molecule has 0 aliphatic carbocycles. The first-order valence-electron chi connectivity index (χ1n) is 4.67. The minimum Gasteiger partial charge on any atom is -0.361 e. The summed E-state index contributed by atoms with van der Waals surface area (Å²) < 4.78 is 76.1. The molecule has 0 aromatic rings. The molecule has 8 heteroatoms. The smallest absolute Gasteiger partial charge is 0.361 e. The Balaban J connectivity index is 2.51. The summed E-state index contributed by atoms with van der Waals surface area (Å²) in [5.74, 6) is -0.285. The van der Waals surface area contributed by atoms with Crippen LogP contribution in [0.15, 0.2) is 0 Å². The van der Waals surface area contributed by atoms with Crippen LogP contribution in [-0.4, -0.2) is 38.2 Å². The molecule has 0 saturated carbocycles. The fourth-order valence-corrected chi connectivity index (χ4v) is 1.46. The lowest BCUT2D eigenvalue weighted by molar-refractivity contribution is -0.323. The Morgan fingerprint density at radius 1 is 1.12 bits per heavy atom. The van der Waals surface area contributed by atoms with Gasteiger partial charge in [-0.05, 0) is 18.9 Å². The third-order valence-electron chi connectivity index (χ3n) is 2.26. The molecule has 16 heavy (non-hydrogen) atoms. The van der Waals surface area contributed by atoms with Crippen molar-refractivity contribution in [3.63, 3.8) is 0 Å². The normalized spacial score (nSPS) is 23.1. The average Bonchev–Trinajstić information content (AvgIpc) is 2.51. The summed E-state index contributed by atoms with van der Waals surface area (Å²) in [4.78, 5) is 0. The van der Waals surface area contributed by atoms with Gasteiger partial charge in [0.15, 0.2) is 0 Å². The summed E-state index contributed by atoms with van der Waals surface area (Å²) in [5.41, 5.74) is 0. The quantitative estimate of drug-likeness (QED) is 0.776. The highest BCUT2D eigenvalue weighted by atomic mass is 19.4. The molecule has 1 fully saturated rings. The molecule has 1 saturated heterocycles. The van der Waals surface area contributed by atoms with Gasteiger partial charge in [0, 0.05) is 6.54 Å². The topological polar surface area (TPSA) is 21.3 Å². The van der Waals surface area contributed by atoms with Crippen molar-refractivity contribution in [3.8, 4) is 0 Å². The highest BCUT2D eigenvalue weighted by Crippen LogP contribution is 2.36. The molecule has 0 aromatic heterocycles. The monoisotopic (exact) mass is 251 g/mol. The molecule has 1 unspecified atom stereocenters. The van der Waals surface area contributed by atoms with Gasteiger partial charge in [0.2, 0.25) is 6.10 Å². The Morgan fingerprint density at radius 2 is 1.69 bits per heavy atom. The minimum atomic E-state index is -5.41. The summed E-state index contributed by atoms with van der Waals surface area (Å²) in [7, 11) is 0. The van der Waals surface area contributed by atoms with E-state index in [0.717, 1.165) is 0 Å². The molecule has 96 valence electrons. The number of alkyl halides is 6. The van der Waals surface area contributed by atoms with E-state index in [9.17, 15) is 26.3 Å². The number of hydrogen-bond acceptors (Lipinski definition) is 2. The van der Waals surface area contributed by atoms with Gasteiger partial charge >= 0.3 is 12.4 Å². The number of hydrogen-bond donors (Lipinski definition) is 1. The van der Waals surface area contributed by atoms with Crippen molar-refractivity contribution >= 4 is 0 Å². The molecule has 1 aliphatic rings. The molecule has 0 amide bonds. The van der Waals surface area contributed by atoms with Crippen molar-refractivity contribution < 1.29 is 31.1 Å². The molecule has 0 spiro atoms. The Bertz CT molecular complexity index is 206. The Kier molecular flexibility index (Phi) is 4.06. The molecular formula is C8H11F6NO. The first-order chi connectivity index (χ1) is 7.21. The second-order valence-corrected chi connectivity index (χ2v) is 3.66. The maximum absolute atomic E-state index is 12.0. The van der Waals surface area contributed by atoms with E-state index in [1.807, 2.05) is 0 Å². The summed E-state index contributed by atoms with van der Waals surface area (Å²) in [5, 5.41) is 2.83. The van der Waals surface area contributed by atoms with E-state index in [2.05, 4.69) is 10.1 Å². The maximum atomic E-state index is 12.0. The van der Waals surface area contributed by atoms with Crippen LogP contribution in [0, 0.1) is 5.92 Å². The molecule has 0 bridgehead atoms. The SMILES string of the molecule is FC(F)(F)C(OCC1CCNC1)C(F)(F)F. The van der Waals surface area contributed by atoms with E-state index in [-0.39, 0.29) is 5.92 Å². The van der Waals surface area contributed by atoms with Gasteiger partial charge in [-0.25, -0.2) is 0 Å². The van der Waals surface area contributed by atoms with Crippen molar-refractivity contribution in [3.05, 3.63) is 0 Å². The standard InChI is InChI=1S/C8H11F6NO/c9-7(10,11)6(8(12,13)14)16-4-5-1-2-15-3-5/h5-6,15H,1-4H2. The second-order valence-electron chi connectivity index (χ2n) is 3.66. The Morgan fingerprint density at radius 3 is 2.06 bits per heavy atom. The molecule has 1 heterocycles. The van der Waals surface area contributed by atoms with Crippen molar-refractivity contribution in [2.75, 3.05) is 19.7 Å². The molecule has 0 radical (unpaired) electrons. The summed E-state index contributed by atoms with van der Waals surface area (Å²) in [6, 6.07) is 0. The van der Waals surface area contributed by atoms with Crippen LogP contribution in [0.25, 0.3) is 0 Å². The van der Waals surface area contributed by atoms with Crippen LogP contribution in [0.5, 0.6) is 0 Å². The van der Waals surface area contributed by atoms with Gasteiger partial charge in [0.1, 0.15) is 0 Å². The summed E-state index contributed by atoms with van der Waals surface area (Å²) in [6.45, 7) is 0.454. The van der Waals surface area contributed by atoms with Gasteiger partial charge in [-0.15, -0.1) is 0 Å². The third kappa shape index (κ3) is 3.82. The Hall–Kier alpha value is -0.500. The predicted octanol–water partition coefficient (Wildman–Crippen LogP) is 2.11. The van der Waals surface area contributed by atoms with E-state index >= 15 is 0 Å². The van der Waals surface area contributed by atoms with Crippen molar-refractivity contribution in [2.24, 2.45) is 5.92 Å². The van der Waals surface area contributed by atoms with Crippen LogP contribution in [0.1, 0.15) is 6.42 Å². The first-order valence-corrected chi connectivity index (χ1v) is 4.67. The van der Waals surface area contributed by atoms with Crippen LogP contribution >= 0.6 is 0 Å². The van der Waals surface area contributed by atoms with E-state index in [1.165, 1.54) is 0 Å². The summed E-state index contributed by atoms with van der Waals surface area (Å²) in [6.07, 6.45) is -14.0. The fraction of sp³-hybridized carbons (Fsp3) is 1.00. The van der Waals surface area contributed by atoms with E-state index in [0.29, 0.717) is 19.5 Å². The van der Waals surface area contributed by atoms with E-state index < -0.39 is 25.1 Å². The molecule has 1 N–H and O–H groups in total. The van der Waals surface area contributed by atoms with Crippen LogP contribution in [0.3, 0.4) is 0 Å². The van der Waals surface area contributed by atoms with Gasteiger partial charge in [0.05, 0.1) is 6.61 Å². The van der Waals surface area contributed by atoms with Crippen molar-refractivity contribution in [1.29, 1.82) is 0 Å². The zero-order valence-corrected chi connectivity index (χ0v) is 8.16.